The topological polar surface area (TPSA) is 52.9 Å². The van der Waals surface area contributed by atoms with E-state index >= 15 is 0 Å². The fourth-order valence-electron chi connectivity index (χ4n) is 1.97. The minimum atomic E-state index is -0.349. The number of amides is 1. The van der Waals surface area contributed by atoms with E-state index in [9.17, 15) is 4.79 Å². The number of hydrogen-bond donors (Lipinski definition) is 1. The number of benzene rings is 2. The van der Waals surface area contributed by atoms with E-state index in [4.69, 9.17) is 5.26 Å². The quantitative estimate of drug-likeness (QED) is 0.657. The Bertz CT molecular complexity index is 717. The highest BCUT2D eigenvalue weighted by Crippen LogP contribution is 2.14. The predicted octanol–water partition coefficient (Wildman–Crippen LogP) is 3.71. The zero-order chi connectivity index (χ0) is 15.8. The standard InChI is InChI=1S/C18H15BrN2O/c19-17-8-4-7-15(12-17)11-16(13-20)18(22)21-10-9-14-5-2-1-3-6-14/h1-8,11-12H,9-10H2,(H,21,22)/b16-11+. The monoisotopic (exact) mass is 354 g/mol. The number of nitrogens with zero attached hydrogens (tertiary/aromatic N) is 1. The maximum absolute atomic E-state index is 12.0. The van der Waals surface area contributed by atoms with E-state index in [-0.39, 0.29) is 11.5 Å². The maximum atomic E-state index is 12.0. The number of carbonyl (C=O) groups excluding carboxylic acids is 1. The molecule has 3 nitrogen and oxygen atoms in total. The molecule has 0 aromatic heterocycles. The van der Waals surface area contributed by atoms with Crippen molar-refractivity contribution in [2.45, 2.75) is 6.42 Å². The van der Waals surface area contributed by atoms with Crippen LogP contribution in [-0.4, -0.2) is 12.5 Å². The molecule has 110 valence electrons. The van der Waals surface area contributed by atoms with Crippen LogP contribution in [0.5, 0.6) is 0 Å². The number of carbonyl (C=O) groups is 1. The van der Waals surface area contributed by atoms with E-state index in [2.05, 4.69) is 21.2 Å². The summed E-state index contributed by atoms with van der Waals surface area (Å²) in [5.74, 6) is -0.349. The van der Waals surface area contributed by atoms with Gasteiger partial charge >= 0.3 is 0 Å². The Morgan fingerprint density at radius 3 is 2.64 bits per heavy atom. The molecule has 2 aromatic rings. The number of nitriles is 1. The first-order valence-corrected chi connectivity index (χ1v) is 7.68. The van der Waals surface area contributed by atoms with Gasteiger partial charge in [-0.15, -0.1) is 0 Å². The zero-order valence-electron chi connectivity index (χ0n) is 11.9. The van der Waals surface area contributed by atoms with Crippen molar-refractivity contribution in [3.05, 3.63) is 75.8 Å². The molecule has 1 amide bonds. The van der Waals surface area contributed by atoms with Gasteiger partial charge in [-0.25, -0.2) is 0 Å². The van der Waals surface area contributed by atoms with Gasteiger partial charge in [-0.3, -0.25) is 4.79 Å². The van der Waals surface area contributed by atoms with Crippen molar-refractivity contribution in [3.63, 3.8) is 0 Å². The smallest absolute Gasteiger partial charge is 0.261 e. The Labute approximate surface area is 138 Å². The van der Waals surface area contributed by atoms with Crippen molar-refractivity contribution in [1.82, 2.24) is 5.32 Å². The lowest BCUT2D eigenvalue weighted by Crippen LogP contribution is -2.26. The van der Waals surface area contributed by atoms with Gasteiger partial charge in [0.1, 0.15) is 11.6 Å². The van der Waals surface area contributed by atoms with E-state index < -0.39 is 0 Å². The third kappa shape index (κ3) is 4.87. The van der Waals surface area contributed by atoms with Gasteiger partial charge in [-0.2, -0.15) is 5.26 Å². The van der Waals surface area contributed by atoms with Gasteiger partial charge in [0.2, 0.25) is 0 Å². The summed E-state index contributed by atoms with van der Waals surface area (Å²) in [6.07, 6.45) is 2.32. The Balaban J connectivity index is 1.96. The molecule has 0 unspecified atom stereocenters. The van der Waals surface area contributed by atoms with Crippen LogP contribution in [0.1, 0.15) is 11.1 Å². The summed E-state index contributed by atoms with van der Waals surface area (Å²) < 4.78 is 0.906. The highest BCUT2D eigenvalue weighted by Gasteiger charge is 2.08. The van der Waals surface area contributed by atoms with E-state index in [1.165, 1.54) is 0 Å². The largest absolute Gasteiger partial charge is 0.351 e. The molecule has 1 N–H and O–H groups in total. The molecule has 0 fully saturated rings. The van der Waals surface area contributed by atoms with Gasteiger partial charge < -0.3 is 5.32 Å². The average Bonchev–Trinajstić information content (AvgIpc) is 2.53. The van der Waals surface area contributed by atoms with Crippen molar-refractivity contribution in [2.24, 2.45) is 0 Å². The lowest BCUT2D eigenvalue weighted by atomic mass is 10.1. The number of hydrogen-bond acceptors (Lipinski definition) is 2. The molecular weight excluding hydrogens is 340 g/mol. The van der Waals surface area contributed by atoms with Gasteiger partial charge in [0.15, 0.2) is 0 Å². The van der Waals surface area contributed by atoms with Crippen LogP contribution in [-0.2, 0) is 11.2 Å². The van der Waals surface area contributed by atoms with E-state index in [1.54, 1.807) is 6.08 Å². The molecule has 0 atom stereocenters. The van der Waals surface area contributed by atoms with Gasteiger partial charge in [-0.05, 0) is 35.8 Å². The first-order chi connectivity index (χ1) is 10.7. The minimum Gasteiger partial charge on any atom is -0.351 e. The number of rotatable bonds is 5. The normalized spacial score (nSPS) is 10.8. The predicted molar refractivity (Wildman–Crippen MR) is 90.9 cm³/mol. The molecule has 2 rings (SSSR count). The minimum absolute atomic E-state index is 0.103. The molecule has 0 aliphatic rings. The molecule has 0 saturated heterocycles. The highest BCUT2D eigenvalue weighted by atomic mass is 79.9. The fraction of sp³-hybridized carbons (Fsp3) is 0.111. The molecule has 0 radical (unpaired) electrons. The SMILES string of the molecule is N#C/C(=C\c1cccc(Br)c1)C(=O)NCCc1ccccc1. The molecule has 4 heteroatoms. The van der Waals surface area contributed by atoms with Crippen molar-refractivity contribution in [2.75, 3.05) is 6.54 Å². The van der Waals surface area contributed by atoms with Crippen molar-refractivity contribution in [1.29, 1.82) is 5.26 Å². The lowest BCUT2D eigenvalue weighted by Gasteiger charge is -2.04. The average molecular weight is 355 g/mol. The maximum Gasteiger partial charge on any atom is 0.261 e. The second kappa shape index (κ2) is 8.16. The molecular formula is C18H15BrN2O. The Morgan fingerprint density at radius 1 is 1.18 bits per heavy atom. The molecule has 0 spiro atoms. The van der Waals surface area contributed by atoms with Crippen LogP contribution in [0.25, 0.3) is 6.08 Å². The summed E-state index contributed by atoms with van der Waals surface area (Å²) in [6, 6.07) is 19.3. The van der Waals surface area contributed by atoms with Gasteiger partial charge in [-0.1, -0.05) is 58.4 Å². The molecule has 0 aliphatic heterocycles. The summed E-state index contributed by atoms with van der Waals surface area (Å²) in [5.41, 5.74) is 2.06. The van der Waals surface area contributed by atoms with Gasteiger partial charge in [0.05, 0.1) is 0 Å². The van der Waals surface area contributed by atoms with Crippen LogP contribution in [0.3, 0.4) is 0 Å². The second-order valence-corrected chi connectivity index (χ2v) is 5.63. The fourth-order valence-corrected chi connectivity index (χ4v) is 2.39. The first kappa shape index (κ1) is 16.0. The molecule has 0 heterocycles. The lowest BCUT2D eigenvalue weighted by molar-refractivity contribution is -0.117. The van der Waals surface area contributed by atoms with E-state index in [0.717, 1.165) is 22.0 Å². The first-order valence-electron chi connectivity index (χ1n) is 6.88. The summed E-state index contributed by atoms with van der Waals surface area (Å²) >= 11 is 3.37. The second-order valence-electron chi connectivity index (χ2n) is 4.72. The number of nitrogens with one attached hydrogen (secondary N) is 1. The van der Waals surface area contributed by atoms with Crippen LogP contribution in [0.2, 0.25) is 0 Å². The van der Waals surface area contributed by atoms with Gasteiger partial charge in [0.25, 0.3) is 5.91 Å². The van der Waals surface area contributed by atoms with Crippen LogP contribution in [0, 0.1) is 11.3 Å². The molecule has 22 heavy (non-hydrogen) atoms. The summed E-state index contributed by atoms with van der Waals surface area (Å²) in [6.45, 7) is 0.500. The summed E-state index contributed by atoms with van der Waals surface area (Å²) in [7, 11) is 0. The van der Waals surface area contributed by atoms with Crippen molar-refractivity contribution < 1.29 is 4.79 Å². The van der Waals surface area contributed by atoms with Crippen LogP contribution in [0.4, 0.5) is 0 Å². The van der Waals surface area contributed by atoms with Crippen LogP contribution in [0.15, 0.2) is 64.6 Å². The number of halogens is 1. The van der Waals surface area contributed by atoms with E-state index in [1.807, 2.05) is 60.7 Å². The third-order valence-electron chi connectivity index (χ3n) is 3.07. The molecule has 0 bridgehead atoms. The Kier molecular flexibility index (Phi) is 5.93. The highest BCUT2D eigenvalue weighted by molar-refractivity contribution is 9.10. The molecule has 2 aromatic carbocycles. The molecule has 0 aliphatic carbocycles. The Morgan fingerprint density at radius 2 is 1.95 bits per heavy atom. The van der Waals surface area contributed by atoms with Crippen LogP contribution < -0.4 is 5.32 Å². The zero-order valence-corrected chi connectivity index (χ0v) is 13.5. The van der Waals surface area contributed by atoms with Crippen molar-refractivity contribution >= 4 is 27.9 Å². The van der Waals surface area contributed by atoms with Crippen molar-refractivity contribution in [3.8, 4) is 6.07 Å². The van der Waals surface area contributed by atoms with Crippen LogP contribution >= 0.6 is 15.9 Å². The molecule has 0 saturated carbocycles. The summed E-state index contributed by atoms with van der Waals surface area (Å²) in [4.78, 5) is 12.0. The summed E-state index contributed by atoms with van der Waals surface area (Å²) in [5, 5.41) is 11.9. The van der Waals surface area contributed by atoms with E-state index in [0.29, 0.717) is 6.54 Å². The Hall–Kier alpha value is -2.38. The third-order valence-corrected chi connectivity index (χ3v) is 3.56. The van der Waals surface area contributed by atoms with Gasteiger partial charge in [0, 0.05) is 11.0 Å².